The molecule has 0 aliphatic carbocycles. The lowest BCUT2D eigenvalue weighted by atomic mass is 10.8. The van der Waals surface area contributed by atoms with Crippen molar-refractivity contribution in [1.29, 1.82) is 0 Å². The van der Waals surface area contributed by atoms with Gasteiger partial charge in [-0.15, -0.1) is 0 Å². The summed E-state index contributed by atoms with van der Waals surface area (Å²) in [5.74, 6) is 0. The van der Waals surface area contributed by atoms with Gasteiger partial charge in [-0.2, -0.15) is 11.8 Å². The number of hydrogen-bond donors (Lipinski definition) is 0. The first-order valence-corrected chi connectivity index (χ1v) is 2.45. The van der Waals surface area contributed by atoms with Gasteiger partial charge in [-0.1, -0.05) is 0 Å². The van der Waals surface area contributed by atoms with E-state index in [1.54, 1.807) is 11.8 Å². The van der Waals surface area contributed by atoms with Gasteiger partial charge >= 0.3 is 0 Å². The van der Waals surface area contributed by atoms with Crippen LogP contribution in [0.4, 0.5) is 0 Å². The molecular formula is C2H9BNS. The van der Waals surface area contributed by atoms with Crippen molar-refractivity contribution in [1.82, 2.24) is 6.15 Å². The molecule has 0 unspecified atom stereocenters. The number of rotatable bonds is 0. The van der Waals surface area contributed by atoms with Gasteiger partial charge in [-0.05, 0) is 12.5 Å². The minimum absolute atomic E-state index is 0. The van der Waals surface area contributed by atoms with E-state index in [0.29, 0.717) is 0 Å². The van der Waals surface area contributed by atoms with Crippen molar-refractivity contribution < 1.29 is 0 Å². The van der Waals surface area contributed by atoms with Crippen LogP contribution in [0.15, 0.2) is 0 Å². The van der Waals surface area contributed by atoms with Crippen molar-refractivity contribution in [2.24, 2.45) is 0 Å². The summed E-state index contributed by atoms with van der Waals surface area (Å²) in [5.41, 5.74) is 0. The second kappa shape index (κ2) is 26.4. The molecule has 0 aromatic heterocycles. The minimum Gasteiger partial charge on any atom is -0.169 e. The normalized spacial score (nSPS) is 3.60. The van der Waals surface area contributed by atoms with Gasteiger partial charge in [0.25, 0.3) is 0 Å². The standard InChI is InChI=1S/C2H6S.BH3.N/c1-3-2;;/h1-2H3;1H3;. The van der Waals surface area contributed by atoms with Crippen molar-refractivity contribution in [3.05, 3.63) is 0 Å². The average molecular weight is 90.0 g/mol. The maximum absolute atomic E-state index is 2.04. The van der Waals surface area contributed by atoms with Crippen LogP contribution >= 0.6 is 11.8 Å². The minimum atomic E-state index is 0. The van der Waals surface area contributed by atoms with Crippen LogP contribution in [0.5, 0.6) is 0 Å². The predicted molar refractivity (Wildman–Crippen MR) is 31.5 cm³/mol. The second-order valence-electron chi connectivity index (χ2n) is 0.408. The van der Waals surface area contributed by atoms with Crippen LogP contribution in [0.2, 0.25) is 0 Å². The van der Waals surface area contributed by atoms with Crippen LogP contribution in [-0.2, 0) is 0 Å². The van der Waals surface area contributed by atoms with Crippen molar-refractivity contribution >= 4 is 20.2 Å². The molecule has 0 spiro atoms. The molecule has 0 aromatic rings. The Labute approximate surface area is 39.7 Å². The number of hydrogen-bond acceptors (Lipinski definition) is 1. The molecule has 3 radical (unpaired) electrons. The average Bonchev–Trinajstić information content (AvgIpc) is 0.918. The lowest BCUT2D eigenvalue weighted by Gasteiger charge is -1.51. The van der Waals surface area contributed by atoms with Gasteiger partial charge in [-0.3, -0.25) is 0 Å². The topological polar surface area (TPSA) is 30.5 Å². The summed E-state index contributed by atoms with van der Waals surface area (Å²) in [7, 11) is 0. The molecular weight excluding hydrogens is 80.9 g/mol. The van der Waals surface area contributed by atoms with Crippen LogP contribution < -0.4 is 6.15 Å². The molecule has 0 heterocycles. The summed E-state index contributed by atoms with van der Waals surface area (Å²) >= 11 is 1.75. The van der Waals surface area contributed by atoms with Crippen LogP contribution in [-0.4, -0.2) is 20.9 Å². The van der Waals surface area contributed by atoms with E-state index < -0.39 is 0 Å². The van der Waals surface area contributed by atoms with Gasteiger partial charge < -0.3 is 0 Å². The summed E-state index contributed by atoms with van der Waals surface area (Å²) in [6.45, 7) is 0. The molecule has 0 aliphatic heterocycles. The van der Waals surface area contributed by atoms with Gasteiger partial charge in [0.15, 0.2) is 0 Å². The Morgan fingerprint density at radius 1 is 1.20 bits per heavy atom. The van der Waals surface area contributed by atoms with E-state index in [-0.39, 0.29) is 14.6 Å². The quantitative estimate of drug-likeness (QED) is 0.362. The Morgan fingerprint density at radius 2 is 1.20 bits per heavy atom. The van der Waals surface area contributed by atoms with Crippen LogP contribution in [0.25, 0.3) is 0 Å². The zero-order chi connectivity index (χ0) is 2.71. The third kappa shape index (κ3) is 176. The zero-order valence-corrected chi connectivity index (χ0v) is 3.67. The highest BCUT2D eigenvalue weighted by Crippen LogP contribution is 1.70. The predicted octanol–water partition coefficient (Wildman–Crippen LogP) is -0.685. The molecule has 0 atom stereocenters. The van der Waals surface area contributed by atoms with Crippen molar-refractivity contribution in [3.63, 3.8) is 0 Å². The molecule has 0 fully saturated rings. The number of thioether (sulfide) groups is 1. The van der Waals surface area contributed by atoms with Crippen LogP contribution in [0, 0.1) is 0 Å². The first-order valence-electron chi connectivity index (χ1n) is 0.816. The molecule has 0 aliphatic rings. The molecule has 0 bridgehead atoms. The third-order valence-corrected chi connectivity index (χ3v) is 0. The van der Waals surface area contributed by atoms with Crippen LogP contribution in [0.1, 0.15) is 0 Å². The molecule has 5 heavy (non-hydrogen) atoms. The molecule has 0 saturated heterocycles. The summed E-state index contributed by atoms with van der Waals surface area (Å²) in [6.07, 6.45) is 4.08. The Balaban J connectivity index is -0.0000000200. The Hall–Kier alpha value is 0.375. The van der Waals surface area contributed by atoms with Crippen molar-refractivity contribution in [2.45, 2.75) is 0 Å². The highest BCUT2D eigenvalue weighted by atomic mass is 32.2. The maximum Gasteiger partial charge on any atom is 0.0814 e. The smallest absolute Gasteiger partial charge is 0.0814 e. The SMILES string of the molecule is B.CSC.[N]. The second-order valence-corrected chi connectivity index (χ2v) is 1.22. The highest BCUT2D eigenvalue weighted by Gasteiger charge is 1.32. The maximum atomic E-state index is 2.04. The van der Waals surface area contributed by atoms with Gasteiger partial charge in [-0.25, -0.2) is 0 Å². The van der Waals surface area contributed by atoms with Gasteiger partial charge in [0.05, 0.1) is 8.41 Å². The monoisotopic (exact) mass is 90.1 g/mol. The van der Waals surface area contributed by atoms with E-state index in [4.69, 9.17) is 0 Å². The molecule has 0 aromatic carbocycles. The van der Waals surface area contributed by atoms with E-state index in [1.165, 1.54) is 0 Å². The van der Waals surface area contributed by atoms with E-state index >= 15 is 0 Å². The van der Waals surface area contributed by atoms with E-state index in [2.05, 4.69) is 0 Å². The molecule has 0 saturated carbocycles. The first-order chi connectivity index (χ1) is 1.41. The van der Waals surface area contributed by atoms with Gasteiger partial charge in [0, 0.05) is 6.15 Å². The molecule has 0 amide bonds. The molecule has 3 heteroatoms. The lowest BCUT2D eigenvalue weighted by Crippen LogP contribution is -1.25. The molecule has 1 nitrogen and oxygen atoms in total. The number of nitrogens with zero attached hydrogens (tertiary/aromatic N) is 1. The van der Waals surface area contributed by atoms with Crippen molar-refractivity contribution in [2.75, 3.05) is 12.5 Å². The summed E-state index contributed by atoms with van der Waals surface area (Å²) in [4.78, 5) is 0. The fourth-order valence-electron chi connectivity index (χ4n) is 0. The third-order valence-electron chi connectivity index (χ3n) is 0. The van der Waals surface area contributed by atoms with E-state index in [0.717, 1.165) is 0 Å². The van der Waals surface area contributed by atoms with Crippen molar-refractivity contribution in [3.8, 4) is 0 Å². The summed E-state index contributed by atoms with van der Waals surface area (Å²) < 4.78 is 0. The zero-order valence-electron chi connectivity index (χ0n) is 2.86. The van der Waals surface area contributed by atoms with Gasteiger partial charge in [0.1, 0.15) is 0 Å². The molecule has 0 N–H and O–H groups in total. The largest absolute Gasteiger partial charge is 0.169 e. The fraction of sp³-hybridized carbons (Fsp3) is 1.00. The first kappa shape index (κ1) is 18.2. The van der Waals surface area contributed by atoms with E-state index in [1.807, 2.05) is 12.5 Å². The lowest BCUT2D eigenvalue weighted by molar-refractivity contribution is 2.13. The Bertz CT molecular complexity index is 9.61. The highest BCUT2D eigenvalue weighted by molar-refractivity contribution is 7.97. The molecule has 31 valence electrons. The Kier molecular flexibility index (Phi) is 96.2. The van der Waals surface area contributed by atoms with E-state index in [9.17, 15) is 0 Å². The van der Waals surface area contributed by atoms with Gasteiger partial charge in [0.2, 0.25) is 0 Å². The fourth-order valence-corrected chi connectivity index (χ4v) is 0. The van der Waals surface area contributed by atoms with Crippen LogP contribution in [0.3, 0.4) is 0 Å². The Morgan fingerprint density at radius 3 is 1.20 bits per heavy atom. The summed E-state index contributed by atoms with van der Waals surface area (Å²) in [6, 6.07) is 0. The molecule has 0 rings (SSSR count). The summed E-state index contributed by atoms with van der Waals surface area (Å²) in [5, 5.41) is 0.